The fraction of sp³-hybridized carbons (Fsp3) is 0.429. The fourth-order valence-corrected chi connectivity index (χ4v) is 1.39. The Bertz CT molecular complexity index is 171. The zero-order chi connectivity index (χ0) is 6.91. The molecular weight excluding hydrogens is 307 g/mol. The standard InChI is InChI=1S/C7H10N.Bi.2H/c1-7(2)8-5-3-4-6-8;;;/h3-6H,1-2H3;;;. The van der Waals surface area contributed by atoms with Gasteiger partial charge in [0.1, 0.15) is 0 Å². The van der Waals surface area contributed by atoms with Gasteiger partial charge in [0, 0.05) is 0 Å². The van der Waals surface area contributed by atoms with E-state index in [4.69, 9.17) is 0 Å². The van der Waals surface area contributed by atoms with E-state index >= 15 is 0 Å². The molecule has 1 heterocycles. The van der Waals surface area contributed by atoms with Gasteiger partial charge in [0.15, 0.2) is 0 Å². The SMILES string of the molecule is C[C](C)([BiH2])n1cccc1. The third-order valence-corrected chi connectivity index (χ3v) is 2.43. The van der Waals surface area contributed by atoms with E-state index in [2.05, 4.69) is 42.9 Å². The van der Waals surface area contributed by atoms with E-state index in [0.717, 1.165) is 24.7 Å². The van der Waals surface area contributed by atoms with Crippen molar-refractivity contribution >= 4 is 24.7 Å². The van der Waals surface area contributed by atoms with Gasteiger partial charge in [-0.1, -0.05) is 0 Å². The first kappa shape index (κ1) is 7.27. The van der Waals surface area contributed by atoms with E-state index in [9.17, 15) is 0 Å². The van der Waals surface area contributed by atoms with Gasteiger partial charge in [0.25, 0.3) is 0 Å². The zero-order valence-electron chi connectivity index (χ0n) is 5.83. The summed E-state index contributed by atoms with van der Waals surface area (Å²) < 4.78 is 2.67. The average Bonchev–Trinajstić information content (AvgIpc) is 2.08. The van der Waals surface area contributed by atoms with Gasteiger partial charge in [-0.2, -0.15) is 0 Å². The zero-order valence-corrected chi connectivity index (χ0v) is 10.3. The predicted molar refractivity (Wildman–Crippen MR) is 42.3 cm³/mol. The van der Waals surface area contributed by atoms with Crippen LogP contribution in [0.3, 0.4) is 0 Å². The summed E-state index contributed by atoms with van der Waals surface area (Å²) in [5.41, 5.74) is 0. The molecule has 0 aliphatic rings. The number of rotatable bonds is 1. The maximum atomic E-state index is 2.26. The Kier molecular flexibility index (Phi) is 1.95. The summed E-state index contributed by atoms with van der Waals surface area (Å²) in [7, 11) is 0. The van der Waals surface area contributed by atoms with Gasteiger partial charge in [-0.25, -0.2) is 0 Å². The molecule has 50 valence electrons. The molecule has 0 atom stereocenters. The van der Waals surface area contributed by atoms with E-state index in [-0.39, 0.29) is 0 Å². The third-order valence-electron chi connectivity index (χ3n) is 1.27. The fourth-order valence-electron chi connectivity index (χ4n) is 0.719. The van der Waals surface area contributed by atoms with Crippen molar-refractivity contribution in [3.05, 3.63) is 24.5 Å². The molecule has 0 aliphatic heterocycles. The molecule has 2 heteroatoms. The van der Waals surface area contributed by atoms with Gasteiger partial charge in [-0.15, -0.1) is 0 Å². The van der Waals surface area contributed by atoms with Crippen molar-refractivity contribution in [3.8, 4) is 0 Å². The minimum absolute atomic E-state index is 0.406. The van der Waals surface area contributed by atoms with Crippen LogP contribution < -0.4 is 0 Å². The van der Waals surface area contributed by atoms with Gasteiger partial charge in [-0.3, -0.25) is 0 Å². The summed E-state index contributed by atoms with van der Waals surface area (Å²) in [6, 6.07) is 4.15. The monoisotopic (exact) mass is 319 g/mol. The number of aromatic nitrogens is 1. The molecule has 1 rings (SSSR count). The molecule has 0 bridgehead atoms. The topological polar surface area (TPSA) is 4.93 Å². The number of hydrogen-bond donors (Lipinski definition) is 0. The van der Waals surface area contributed by atoms with Crippen LogP contribution in [0.15, 0.2) is 24.5 Å². The minimum atomic E-state index is 0.406. The van der Waals surface area contributed by atoms with Crippen LogP contribution in [-0.2, 0) is 3.25 Å². The van der Waals surface area contributed by atoms with Crippen molar-refractivity contribution in [1.29, 1.82) is 0 Å². The predicted octanol–water partition coefficient (Wildman–Crippen LogP) is 0.814. The maximum absolute atomic E-state index is 2.26. The van der Waals surface area contributed by atoms with E-state index in [1.54, 1.807) is 0 Å². The quantitative estimate of drug-likeness (QED) is 0.676. The van der Waals surface area contributed by atoms with E-state index in [0.29, 0.717) is 3.25 Å². The molecule has 0 amide bonds. The average molecular weight is 319 g/mol. The van der Waals surface area contributed by atoms with Crippen molar-refractivity contribution in [2.24, 2.45) is 0 Å². The molecule has 9 heavy (non-hydrogen) atoms. The number of nitrogens with zero attached hydrogens (tertiary/aromatic N) is 1. The second-order valence-electron chi connectivity index (χ2n) is 2.74. The number of hydrogen-bond acceptors (Lipinski definition) is 0. The summed E-state index contributed by atoms with van der Waals surface area (Å²) in [5, 5.41) is 0. The van der Waals surface area contributed by atoms with Crippen LogP contribution in [0.4, 0.5) is 0 Å². The summed E-state index contributed by atoms with van der Waals surface area (Å²) in [5.74, 6) is 0. The van der Waals surface area contributed by atoms with E-state index in [1.807, 2.05) is 0 Å². The van der Waals surface area contributed by atoms with Gasteiger partial charge in [-0.05, 0) is 0 Å². The van der Waals surface area contributed by atoms with Gasteiger partial charge in [0.05, 0.1) is 0 Å². The molecule has 1 nitrogen and oxygen atoms in total. The van der Waals surface area contributed by atoms with E-state index in [1.165, 1.54) is 0 Å². The Morgan fingerprint density at radius 1 is 1.22 bits per heavy atom. The third kappa shape index (κ3) is 1.79. The van der Waals surface area contributed by atoms with Crippen LogP contribution in [0.2, 0.25) is 0 Å². The van der Waals surface area contributed by atoms with Crippen molar-refractivity contribution in [3.63, 3.8) is 0 Å². The second kappa shape index (κ2) is 2.42. The van der Waals surface area contributed by atoms with Crippen molar-refractivity contribution in [2.45, 2.75) is 17.1 Å². The molecule has 0 fully saturated rings. The van der Waals surface area contributed by atoms with Gasteiger partial charge < -0.3 is 0 Å². The normalized spacial score (nSPS) is 11.9. The van der Waals surface area contributed by atoms with Crippen LogP contribution in [0.25, 0.3) is 0 Å². The Morgan fingerprint density at radius 3 is 1.89 bits per heavy atom. The van der Waals surface area contributed by atoms with Crippen LogP contribution >= 0.6 is 0 Å². The van der Waals surface area contributed by atoms with Crippen LogP contribution in [0.1, 0.15) is 13.8 Å². The molecule has 0 saturated carbocycles. The first-order valence-corrected chi connectivity index (χ1v) is 5.27. The van der Waals surface area contributed by atoms with Crippen molar-refractivity contribution in [1.82, 2.24) is 4.57 Å². The molecule has 0 spiro atoms. The molecule has 0 aliphatic carbocycles. The first-order chi connectivity index (χ1) is 4.11. The van der Waals surface area contributed by atoms with Crippen molar-refractivity contribution in [2.75, 3.05) is 0 Å². The van der Waals surface area contributed by atoms with Gasteiger partial charge >= 0.3 is 70.9 Å². The van der Waals surface area contributed by atoms with E-state index < -0.39 is 0 Å². The summed E-state index contributed by atoms with van der Waals surface area (Å²) in [6.07, 6.45) is 4.25. The molecule has 1 aromatic rings. The Hall–Kier alpha value is 0.163. The molecule has 0 N–H and O–H groups in total. The summed E-state index contributed by atoms with van der Waals surface area (Å²) >= 11 is 0.995. The second-order valence-corrected chi connectivity index (χ2v) is 8.24. The van der Waals surface area contributed by atoms with Crippen molar-refractivity contribution < 1.29 is 0 Å². The molecule has 0 aromatic carbocycles. The molecule has 0 unspecified atom stereocenters. The first-order valence-electron chi connectivity index (χ1n) is 3.03. The van der Waals surface area contributed by atoms with Gasteiger partial charge in [0.2, 0.25) is 0 Å². The molecule has 0 saturated heterocycles. The van der Waals surface area contributed by atoms with Crippen LogP contribution in [0.5, 0.6) is 0 Å². The van der Waals surface area contributed by atoms with Crippen LogP contribution in [-0.4, -0.2) is 29.3 Å². The Balaban J connectivity index is 2.90. The van der Waals surface area contributed by atoms with Crippen LogP contribution in [0, 0.1) is 0 Å². The molecular formula is C7H12BiN. The Morgan fingerprint density at radius 2 is 1.67 bits per heavy atom. The summed E-state index contributed by atoms with van der Waals surface area (Å²) in [4.78, 5) is 0. The summed E-state index contributed by atoms with van der Waals surface area (Å²) in [6.45, 7) is 4.52. The Labute approximate surface area is 70.9 Å². The molecule has 1 aromatic heterocycles. The molecule has 0 radical (unpaired) electrons.